The summed E-state index contributed by atoms with van der Waals surface area (Å²) in [6, 6.07) is 7.65. The normalized spacial score (nSPS) is 20.5. The van der Waals surface area contributed by atoms with Gasteiger partial charge in [0, 0.05) is 32.7 Å². The number of benzene rings is 1. The van der Waals surface area contributed by atoms with Gasteiger partial charge in [-0.05, 0) is 48.9 Å². The minimum absolute atomic E-state index is 0.155. The van der Waals surface area contributed by atoms with Crippen LogP contribution in [0.3, 0.4) is 0 Å². The Labute approximate surface area is 170 Å². The maximum Gasteiger partial charge on any atom is 0.190 e. The summed E-state index contributed by atoms with van der Waals surface area (Å²) in [5.74, 6) is 3.03. The molecule has 2 N–H and O–H groups in total. The molecule has 1 aromatic rings. The van der Waals surface area contributed by atoms with Gasteiger partial charge in [0.05, 0.1) is 19.8 Å². The molecular formula is C22H37N3O3. The van der Waals surface area contributed by atoms with Gasteiger partial charge in [-0.25, -0.2) is 0 Å². The molecule has 0 spiro atoms. The first-order valence-corrected chi connectivity index (χ1v) is 10.3. The molecule has 6 nitrogen and oxygen atoms in total. The highest BCUT2D eigenvalue weighted by Gasteiger charge is 2.35. The van der Waals surface area contributed by atoms with E-state index in [2.05, 4.69) is 36.4 Å². The summed E-state index contributed by atoms with van der Waals surface area (Å²) < 4.78 is 17.0. The molecule has 1 aliphatic rings. The highest BCUT2D eigenvalue weighted by molar-refractivity contribution is 5.79. The summed E-state index contributed by atoms with van der Waals surface area (Å²) >= 11 is 0. The zero-order chi connectivity index (χ0) is 20.4. The molecule has 0 bridgehead atoms. The van der Waals surface area contributed by atoms with Crippen LogP contribution in [0.2, 0.25) is 0 Å². The van der Waals surface area contributed by atoms with Crippen molar-refractivity contribution in [3.8, 4) is 11.5 Å². The average molecular weight is 392 g/mol. The molecule has 1 aromatic carbocycles. The predicted octanol–water partition coefficient (Wildman–Crippen LogP) is 3.47. The summed E-state index contributed by atoms with van der Waals surface area (Å²) in [5, 5.41) is 6.83. The molecule has 1 saturated heterocycles. The number of nitrogens with one attached hydrogen (secondary N) is 2. The Balaban J connectivity index is 1.66. The van der Waals surface area contributed by atoms with Crippen LogP contribution in [-0.2, 0) is 4.74 Å². The minimum atomic E-state index is 0.155. The molecule has 1 fully saturated rings. The summed E-state index contributed by atoms with van der Waals surface area (Å²) in [6.45, 7) is 9.98. The van der Waals surface area contributed by atoms with E-state index >= 15 is 0 Å². The van der Waals surface area contributed by atoms with Crippen LogP contribution in [-0.4, -0.2) is 52.5 Å². The van der Waals surface area contributed by atoms with E-state index < -0.39 is 0 Å². The van der Waals surface area contributed by atoms with Gasteiger partial charge in [-0.2, -0.15) is 0 Å². The molecular weight excluding hydrogens is 354 g/mol. The van der Waals surface area contributed by atoms with Gasteiger partial charge in [0.2, 0.25) is 0 Å². The van der Waals surface area contributed by atoms with E-state index in [1.807, 2.05) is 31.3 Å². The highest BCUT2D eigenvalue weighted by Crippen LogP contribution is 2.33. The highest BCUT2D eigenvalue weighted by atomic mass is 16.5. The lowest BCUT2D eigenvalue weighted by Gasteiger charge is -2.40. The van der Waals surface area contributed by atoms with Crippen molar-refractivity contribution in [2.45, 2.75) is 46.1 Å². The molecule has 6 heteroatoms. The van der Waals surface area contributed by atoms with E-state index in [4.69, 9.17) is 14.2 Å². The van der Waals surface area contributed by atoms with Crippen LogP contribution in [0.4, 0.5) is 0 Å². The molecule has 1 aliphatic heterocycles. The molecule has 2 rings (SSSR count). The average Bonchev–Trinajstić information content (AvgIpc) is 2.70. The first kappa shape index (κ1) is 22.3. The Morgan fingerprint density at radius 3 is 2.54 bits per heavy atom. The van der Waals surface area contributed by atoms with Gasteiger partial charge in [-0.1, -0.05) is 20.8 Å². The maximum absolute atomic E-state index is 6.07. The van der Waals surface area contributed by atoms with Crippen molar-refractivity contribution in [1.29, 1.82) is 0 Å². The monoisotopic (exact) mass is 391 g/mol. The zero-order valence-electron chi connectivity index (χ0n) is 18.1. The fourth-order valence-electron chi connectivity index (χ4n) is 3.60. The number of hydrogen-bond donors (Lipinski definition) is 2. The van der Waals surface area contributed by atoms with Crippen LogP contribution in [0.15, 0.2) is 29.3 Å². The lowest BCUT2D eigenvalue weighted by Crippen LogP contribution is -2.47. The molecule has 1 heterocycles. The topological polar surface area (TPSA) is 64.1 Å². The Hall–Kier alpha value is -1.95. The summed E-state index contributed by atoms with van der Waals surface area (Å²) in [4.78, 5) is 4.33. The Morgan fingerprint density at radius 1 is 1.18 bits per heavy atom. The summed E-state index contributed by atoms with van der Waals surface area (Å²) in [7, 11) is 3.47. The van der Waals surface area contributed by atoms with Gasteiger partial charge in [0.15, 0.2) is 5.96 Å². The number of hydrogen-bond acceptors (Lipinski definition) is 4. The van der Waals surface area contributed by atoms with E-state index in [-0.39, 0.29) is 11.5 Å². The minimum Gasteiger partial charge on any atom is -0.497 e. The lowest BCUT2D eigenvalue weighted by molar-refractivity contribution is -0.0835. The summed E-state index contributed by atoms with van der Waals surface area (Å²) in [6.07, 6.45) is 3.50. The van der Waals surface area contributed by atoms with Gasteiger partial charge in [0.25, 0.3) is 0 Å². The van der Waals surface area contributed by atoms with E-state index in [0.717, 1.165) is 50.0 Å². The van der Waals surface area contributed by atoms with Gasteiger partial charge < -0.3 is 24.8 Å². The molecule has 2 atom stereocenters. The smallest absolute Gasteiger partial charge is 0.190 e. The van der Waals surface area contributed by atoms with E-state index in [1.54, 1.807) is 7.11 Å². The standard InChI is InChI=1S/C22H37N3O3/c1-22(2,3)20-17(8-6-14-28-20)16-25-21(23-4)24-13-7-15-27-19-11-9-18(26-5)10-12-19/h9-12,17,20H,6-8,13-16H2,1-5H3,(H2,23,24,25). The molecule has 0 radical (unpaired) electrons. The van der Waals surface area contributed by atoms with Crippen LogP contribution < -0.4 is 20.1 Å². The number of guanidine groups is 1. The number of ether oxygens (including phenoxy) is 3. The van der Waals surface area contributed by atoms with Gasteiger partial charge in [-0.3, -0.25) is 4.99 Å². The number of methoxy groups -OCH3 is 1. The van der Waals surface area contributed by atoms with Crippen LogP contribution in [0, 0.1) is 11.3 Å². The number of aliphatic imine (C=N–C) groups is 1. The second-order valence-corrected chi connectivity index (χ2v) is 8.32. The van der Waals surface area contributed by atoms with Crippen LogP contribution in [0.5, 0.6) is 11.5 Å². The third-order valence-corrected chi connectivity index (χ3v) is 5.00. The Kier molecular flexibility index (Phi) is 8.90. The maximum atomic E-state index is 6.07. The Morgan fingerprint density at radius 2 is 1.89 bits per heavy atom. The van der Waals surface area contributed by atoms with Gasteiger partial charge in [0.1, 0.15) is 11.5 Å². The Bertz CT molecular complexity index is 596. The quantitative estimate of drug-likeness (QED) is 0.404. The first-order valence-electron chi connectivity index (χ1n) is 10.3. The summed E-state index contributed by atoms with van der Waals surface area (Å²) in [5.41, 5.74) is 0.155. The van der Waals surface area contributed by atoms with Gasteiger partial charge >= 0.3 is 0 Å². The van der Waals surface area contributed by atoms with E-state index in [1.165, 1.54) is 6.42 Å². The van der Waals surface area contributed by atoms with E-state index in [9.17, 15) is 0 Å². The molecule has 0 amide bonds. The zero-order valence-corrected chi connectivity index (χ0v) is 18.1. The molecule has 0 aliphatic carbocycles. The second kappa shape index (κ2) is 11.1. The van der Waals surface area contributed by atoms with Crippen molar-refractivity contribution < 1.29 is 14.2 Å². The fourth-order valence-corrected chi connectivity index (χ4v) is 3.60. The lowest BCUT2D eigenvalue weighted by atomic mass is 9.78. The second-order valence-electron chi connectivity index (χ2n) is 8.32. The molecule has 0 aromatic heterocycles. The van der Waals surface area contributed by atoms with Crippen molar-refractivity contribution in [1.82, 2.24) is 10.6 Å². The van der Waals surface area contributed by atoms with Crippen LogP contribution in [0.1, 0.15) is 40.0 Å². The third kappa shape index (κ3) is 7.23. The van der Waals surface area contributed by atoms with Crippen molar-refractivity contribution in [2.75, 3.05) is 40.5 Å². The molecule has 158 valence electrons. The predicted molar refractivity (Wildman–Crippen MR) is 114 cm³/mol. The van der Waals surface area contributed by atoms with E-state index in [0.29, 0.717) is 12.5 Å². The number of rotatable bonds is 8. The van der Waals surface area contributed by atoms with Crippen molar-refractivity contribution in [3.63, 3.8) is 0 Å². The van der Waals surface area contributed by atoms with Crippen molar-refractivity contribution in [2.24, 2.45) is 16.3 Å². The fraction of sp³-hybridized carbons (Fsp3) is 0.682. The first-order chi connectivity index (χ1) is 13.4. The largest absolute Gasteiger partial charge is 0.497 e. The van der Waals surface area contributed by atoms with Crippen LogP contribution >= 0.6 is 0 Å². The van der Waals surface area contributed by atoms with Crippen molar-refractivity contribution >= 4 is 5.96 Å². The number of nitrogens with zero attached hydrogens (tertiary/aromatic N) is 1. The van der Waals surface area contributed by atoms with Gasteiger partial charge in [-0.15, -0.1) is 0 Å². The van der Waals surface area contributed by atoms with Crippen molar-refractivity contribution in [3.05, 3.63) is 24.3 Å². The molecule has 0 saturated carbocycles. The molecule has 2 unspecified atom stereocenters. The third-order valence-electron chi connectivity index (χ3n) is 5.00. The van der Waals surface area contributed by atoms with Crippen LogP contribution in [0.25, 0.3) is 0 Å². The SMILES string of the molecule is CN=C(NCCCOc1ccc(OC)cc1)NCC1CCCOC1C(C)(C)C. The molecule has 28 heavy (non-hydrogen) atoms.